The van der Waals surface area contributed by atoms with Gasteiger partial charge in [-0.2, -0.15) is 9.61 Å². The second kappa shape index (κ2) is 8.11. The van der Waals surface area contributed by atoms with Gasteiger partial charge in [-0.3, -0.25) is 4.79 Å². The number of aromatic nitrogens is 4. The van der Waals surface area contributed by atoms with Gasteiger partial charge in [0.1, 0.15) is 19.4 Å². The molecule has 0 saturated carbocycles. The van der Waals surface area contributed by atoms with E-state index in [0.717, 1.165) is 10.9 Å². The number of carbonyl (C=O) groups is 1. The van der Waals surface area contributed by atoms with Crippen LogP contribution in [-0.4, -0.2) is 51.5 Å². The lowest BCUT2D eigenvalue weighted by Crippen LogP contribution is -2.29. The van der Waals surface area contributed by atoms with Gasteiger partial charge in [-0.15, -0.1) is 0 Å². The van der Waals surface area contributed by atoms with Crippen molar-refractivity contribution in [2.45, 2.75) is 0 Å². The van der Waals surface area contributed by atoms with Gasteiger partial charge in [0.25, 0.3) is 5.91 Å². The summed E-state index contributed by atoms with van der Waals surface area (Å²) in [5.41, 5.74) is 3.59. The molecule has 3 heterocycles. The highest BCUT2D eigenvalue weighted by molar-refractivity contribution is 6.36. The molecule has 0 atom stereocenters. The first kappa shape index (κ1) is 19.7. The van der Waals surface area contributed by atoms with Crippen LogP contribution >= 0.6 is 0 Å². The molecule has 0 aliphatic rings. The molecule has 0 aliphatic carbocycles. The molecule has 3 aromatic heterocycles. The molecule has 5 rings (SSSR count). The predicted molar refractivity (Wildman–Crippen MR) is 125 cm³/mol. The van der Waals surface area contributed by atoms with Crippen molar-refractivity contribution >= 4 is 41.6 Å². The van der Waals surface area contributed by atoms with Crippen molar-refractivity contribution < 1.29 is 9.90 Å². The predicted octanol–water partition coefficient (Wildman–Crippen LogP) is 2.22. The average molecular weight is 422 g/mol. The Morgan fingerprint density at radius 3 is 2.81 bits per heavy atom. The molecular formula is C23H19BN6O2. The maximum absolute atomic E-state index is 12.6. The van der Waals surface area contributed by atoms with Gasteiger partial charge >= 0.3 is 0 Å². The van der Waals surface area contributed by atoms with Crippen molar-refractivity contribution in [2.75, 3.05) is 18.4 Å². The van der Waals surface area contributed by atoms with E-state index in [0.29, 0.717) is 46.8 Å². The smallest absolute Gasteiger partial charge is 0.253 e. The lowest BCUT2D eigenvalue weighted by molar-refractivity contribution is 0.0957. The highest BCUT2D eigenvalue weighted by Gasteiger charge is 2.14. The molecule has 2 radical (unpaired) electrons. The van der Waals surface area contributed by atoms with Crippen LogP contribution in [0.5, 0.6) is 5.75 Å². The quantitative estimate of drug-likeness (QED) is 0.248. The number of phenols is 1. The summed E-state index contributed by atoms with van der Waals surface area (Å²) in [4.78, 5) is 20.2. The summed E-state index contributed by atoms with van der Waals surface area (Å²) < 4.78 is 1.60. The topological polar surface area (TPSA) is 107 Å². The molecule has 4 N–H and O–H groups in total. The number of rotatable bonds is 6. The van der Waals surface area contributed by atoms with Crippen LogP contribution in [-0.2, 0) is 0 Å². The first-order valence-electron chi connectivity index (χ1n) is 10.1. The Kier molecular flexibility index (Phi) is 4.99. The molecule has 2 aromatic carbocycles. The fraction of sp³-hybridized carbons (Fsp3) is 0.0870. The number of benzene rings is 2. The van der Waals surface area contributed by atoms with E-state index >= 15 is 0 Å². The van der Waals surface area contributed by atoms with Gasteiger partial charge in [-0.1, -0.05) is 30.3 Å². The monoisotopic (exact) mass is 422 g/mol. The first-order valence-corrected chi connectivity index (χ1v) is 10.1. The van der Waals surface area contributed by atoms with Crippen molar-refractivity contribution in [1.29, 1.82) is 0 Å². The van der Waals surface area contributed by atoms with Gasteiger partial charge in [-0.05, 0) is 23.7 Å². The molecular weight excluding hydrogens is 403 g/mol. The molecule has 32 heavy (non-hydrogen) atoms. The van der Waals surface area contributed by atoms with E-state index in [1.165, 1.54) is 6.20 Å². The highest BCUT2D eigenvalue weighted by atomic mass is 16.3. The summed E-state index contributed by atoms with van der Waals surface area (Å²) in [6.07, 6.45) is 3.24. The van der Waals surface area contributed by atoms with Crippen LogP contribution in [0.15, 0.2) is 67.0 Å². The SMILES string of the molecule is [B]c1cnn2c(NCCNC(=O)c3c[nH]c4ccccc34)cc(-c3ccccc3O)nc12. The van der Waals surface area contributed by atoms with E-state index in [9.17, 15) is 9.90 Å². The van der Waals surface area contributed by atoms with E-state index in [4.69, 9.17) is 7.85 Å². The van der Waals surface area contributed by atoms with Gasteiger partial charge in [0.15, 0.2) is 5.65 Å². The van der Waals surface area contributed by atoms with E-state index in [2.05, 4.69) is 25.7 Å². The van der Waals surface area contributed by atoms with Crippen molar-refractivity contribution in [3.63, 3.8) is 0 Å². The Morgan fingerprint density at radius 1 is 1.12 bits per heavy atom. The summed E-state index contributed by atoms with van der Waals surface area (Å²) in [6, 6.07) is 16.4. The van der Waals surface area contributed by atoms with Gasteiger partial charge in [-0.25, -0.2) is 4.98 Å². The van der Waals surface area contributed by atoms with Crippen LogP contribution in [0.2, 0.25) is 0 Å². The summed E-state index contributed by atoms with van der Waals surface area (Å²) in [6.45, 7) is 0.845. The Bertz CT molecular complexity index is 1440. The Hall–Kier alpha value is -4.27. The molecule has 9 heteroatoms. The zero-order valence-electron chi connectivity index (χ0n) is 17.0. The molecule has 0 spiro atoms. The van der Waals surface area contributed by atoms with Gasteiger partial charge in [0.2, 0.25) is 0 Å². The molecule has 0 bridgehead atoms. The van der Waals surface area contributed by atoms with Crippen LogP contribution in [0, 0.1) is 0 Å². The van der Waals surface area contributed by atoms with E-state index in [1.54, 1.807) is 35.0 Å². The molecule has 0 aliphatic heterocycles. The number of anilines is 1. The minimum absolute atomic E-state index is 0.124. The van der Waals surface area contributed by atoms with E-state index in [-0.39, 0.29) is 11.7 Å². The Balaban J connectivity index is 1.33. The number of phenolic OH excluding ortho intramolecular Hbond substituents is 1. The van der Waals surface area contributed by atoms with Crippen LogP contribution in [0.3, 0.4) is 0 Å². The summed E-state index contributed by atoms with van der Waals surface area (Å²) >= 11 is 0. The van der Waals surface area contributed by atoms with Crippen molar-refractivity contribution in [3.8, 4) is 17.0 Å². The number of aromatic amines is 1. The Morgan fingerprint density at radius 2 is 1.94 bits per heavy atom. The number of H-pyrrole nitrogens is 1. The van der Waals surface area contributed by atoms with Crippen molar-refractivity contribution in [3.05, 3.63) is 72.6 Å². The number of fused-ring (bicyclic) bond motifs is 2. The molecule has 0 unspecified atom stereocenters. The number of hydrogen-bond acceptors (Lipinski definition) is 5. The minimum atomic E-state index is -0.151. The maximum atomic E-state index is 12.6. The van der Waals surface area contributed by atoms with E-state index in [1.807, 2.05) is 30.3 Å². The number of amides is 1. The second-order valence-corrected chi connectivity index (χ2v) is 7.31. The number of aromatic hydroxyl groups is 1. The van der Waals surface area contributed by atoms with E-state index < -0.39 is 0 Å². The van der Waals surface area contributed by atoms with Gasteiger partial charge in [0, 0.05) is 48.0 Å². The van der Waals surface area contributed by atoms with Crippen molar-refractivity contribution in [1.82, 2.24) is 24.9 Å². The number of carbonyl (C=O) groups excluding carboxylic acids is 1. The molecule has 0 fully saturated rings. The Labute approximate surface area is 184 Å². The third-order valence-corrected chi connectivity index (χ3v) is 5.23. The van der Waals surface area contributed by atoms with Crippen LogP contribution in [0.25, 0.3) is 27.8 Å². The first-order chi connectivity index (χ1) is 15.6. The third-order valence-electron chi connectivity index (χ3n) is 5.23. The van der Waals surface area contributed by atoms with Crippen LogP contribution in [0.1, 0.15) is 10.4 Å². The standard InChI is InChI=1S/C23H19BN6O2/c24-17-13-28-30-21(11-19(29-22(17)30)15-6-2-4-8-20(15)31)25-9-10-26-23(32)16-12-27-18-7-3-1-5-14(16)18/h1-8,11-13,25,27,31H,9-10H2,(H,26,32). The lowest BCUT2D eigenvalue weighted by atomic mass is 10.0. The zero-order chi connectivity index (χ0) is 22.1. The number of para-hydroxylation sites is 2. The molecule has 0 saturated heterocycles. The van der Waals surface area contributed by atoms with Gasteiger partial charge in [0.05, 0.1) is 11.3 Å². The number of nitrogens with one attached hydrogen (secondary N) is 3. The summed E-state index contributed by atoms with van der Waals surface area (Å²) in [5, 5.41) is 21.6. The maximum Gasteiger partial charge on any atom is 0.253 e. The fourth-order valence-electron chi connectivity index (χ4n) is 3.66. The summed E-state index contributed by atoms with van der Waals surface area (Å²) in [5.74, 6) is 0.619. The van der Waals surface area contributed by atoms with Gasteiger partial charge < -0.3 is 20.7 Å². The average Bonchev–Trinajstić information content (AvgIpc) is 3.41. The fourth-order valence-corrected chi connectivity index (χ4v) is 3.66. The van der Waals surface area contributed by atoms with Crippen LogP contribution in [0.4, 0.5) is 5.82 Å². The second-order valence-electron chi connectivity index (χ2n) is 7.31. The number of hydrogen-bond donors (Lipinski definition) is 4. The molecule has 1 amide bonds. The van der Waals surface area contributed by atoms with Crippen molar-refractivity contribution in [2.24, 2.45) is 0 Å². The van der Waals surface area contributed by atoms with Crippen LogP contribution < -0.4 is 16.1 Å². The summed E-state index contributed by atoms with van der Waals surface area (Å²) in [7, 11) is 6.03. The normalized spacial score (nSPS) is 11.1. The highest BCUT2D eigenvalue weighted by Crippen LogP contribution is 2.29. The third kappa shape index (κ3) is 3.54. The molecule has 8 nitrogen and oxygen atoms in total. The minimum Gasteiger partial charge on any atom is -0.507 e. The molecule has 156 valence electrons. The molecule has 5 aromatic rings. The number of nitrogens with zero attached hydrogens (tertiary/aromatic N) is 3. The zero-order valence-corrected chi connectivity index (χ0v) is 17.0. The lowest BCUT2D eigenvalue weighted by Gasteiger charge is -2.12. The largest absolute Gasteiger partial charge is 0.507 e.